The quantitative estimate of drug-likeness (QED) is 0.0863. The Morgan fingerprint density at radius 3 is 1.36 bits per heavy atom. The molecule has 18 nitrogen and oxygen atoms in total. The summed E-state index contributed by atoms with van der Waals surface area (Å²) in [6.07, 6.45) is 9.31. The molecule has 0 atom stereocenters. The summed E-state index contributed by atoms with van der Waals surface area (Å²) < 4.78 is 136. The van der Waals surface area contributed by atoms with Gasteiger partial charge in [0.25, 0.3) is 11.8 Å². The summed E-state index contributed by atoms with van der Waals surface area (Å²) in [5, 5.41) is 6.12. The van der Waals surface area contributed by atoms with E-state index in [-0.39, 0.29) is 45.4 Å². The number of aromatic nitrogens is 4. The highest BCUT2D eigenvalue weighted by atomic mass is 79.9. The van der Waals surface area contributed by atoms with Crippen molar-refractivity contribution in [3.63, 3.8) is 0 Å². The molecule has 0 radical (unpaired) electrons. The van der Waals surface area contributed by atoms with E-state index in [2.05, 4.69) is 36.5 Å². The van der Waals surface area contributed by atoms with Crippen molar-refractivity contribution in [2.75, 3.05) is 49.3 Å². The Hall–Kier alpha value is -9.60. The number of anilines is 2. The topological polar surface area (TPSA) is 213 Å². The number of halogens is 5. The zero-order valence-electron chi connectivity index (χ0n) is 52.2. The highest BCUT2D eigenvalue weighted by Gasteiger charge is 2.53. The lowest BCUT2D eigenvalue weighted by atomic mass is 9.77. The van der Waals surface area contributed by atoms with Crippen LogP contribution in [0.4, 0.5) is 28.9 Å². The van der Waals surface area contributed by atoms with E-state index >= 15 is 0 Å². The van der Waals surface area contributed by atoms with E-state index in [0.717, 1.165) is 48.0 Å². The van der Waals surface area contributed by atoms with E-state index in [1.54, 1.807) is 60.9 Å². The molecule has 0 unspecified atom stereocenters. The number of carbonyl (C=O) groups excluding carboxylic acids is 2. The number of hydrogen-bond acceptors (Lipinski definition) is 12. The van der Waals surface area contributed by atoms with Crippen LogP contribution >= 0.6 is 15.9 Å². The van der Waals surface area contributed by atoms with Gasteiger partial charge >= 0.3 is 7.12 Å². The van der Waals surface area contributed by atoms with Crippen LogP contribution in [0.25, 0.3) is 89.2 Å². The summed E-state index contributed by atoms with van der Waals surface area (Å²) in [5.74, 6) is -1.84. The maximum Gasteiger partial charge on any atom is 0.497 e. The Morgan fingerprint density at radius 1 is 0.532 bits per heavy atom. The van der Waals surface area contributed by atoms with Gasteiger partial charge in [-0.25, -0.2) is 34.4 Å². The van der Waals surface area contributed by atoms with Crippen molar-refractivity contribution >= 4 is 116 Å². The van der Waals surface area contributed by atoms with Crippen LogP contribution in [0.15, 0.2) is 184 Å². The van der Waals surface area contributed by atoms with Crippen LogP contribution in [-0.4, -0.2) is 107 Å². The van der Waals surface area contributed by atoms with Crippen LogP contribution < -0.4 is 24.7 Å². The number of rotatable bonds is 12. The summed E-state index contributed by atoms with van der Waals surface area (Å²) in [4.78, 5) is 35.0. The number of nitrogens with one attached hydrogen (secondary N) is 2. The molecule has 7 heterocycles. The van der Waals surface area contributed by atoms with Crippen LogP contribution in [0.5, 0.6) is 0 Å². The van der Waals surface area contributed by atoms with Crippen molar-refractivity contribution in [3.05, 3.63) is 209 Å². The van der Waals surface area contributed by atoms with Crippen molar-refractivity contribution in [3.8, 4) is 45.1 Å². The molecule has 26 heteroatoms. The Morgan fingerprint density at radius 2 is 0.926 bits per heavy atom. The maximum absolute atomic E-state index is 13.7. The van der Waals surface area contributed by atoms with E-state index < -0.39 is 61.8 Å². The molecule has 0 bridgehead atoms. The Kier molecular flexibility index (Phi) is 17.8. The van der Waals surface area contributed by atoms with Gasteiger partial charge in [-0.2, -0.15) is 0 Å². The van der Waals surface area contributed by atoms with Gasteiger partial charge in [0.05, 0.1) is 68.3 Å². The smallest absolute Gasteiger partial charge is 0.455 e. The molecule has 94 heavy (non-hydrogen) atoms. The average molecular weight is 1380 g/mol. The van der Waals surface area contributed by atoms with Crippen molar-refractivity contribution in [2.24, 2.45) is 0 Å². The third-order valence-electron chi connectivity index (χ3n) is 16.5. The number of sulfonamides is 2. The minimum Gasteiger partial charge on any atom is -0.455 e. The fourth-order valence-corrected chi connectivity index (χ4v) is 12.0. The monoisotopic (exact) mass is 1380 g/mol. The van der Waals surface area contributed by atoms with E-state index in [1.807, 2.05) is 73.5 Å². The van der Waals surface area contributed by atoms with Crippen LogP contribution in [0.1, 0.15) is 48.4 Å². The molecule has 1 fully saturated rings. The van der Waals surface area contributed by atoms with Crippen molar-refractivity contribution in [2.45, 2.75) is 38.9 Å². The first-order valence-corrected chi connectivity index (χ1v) is 33.5. The first kappa shape index (κ1) is 65.9. The second-order valence-corrected chi connectivity index (χ2v) is 28.1. The number of furan rings is 2. The number of nitrogens with zero attached hydrogens (tertiary/aromatic N) is 6. The molecule has 0 saturated carbocycles. The lowest BCUT2D eigenvalue weighted by molar-refractivity contribution is 0.00578. The van der Waals surface area contributed by atoms with Crippen molar-refractivity contribution in [1.29, 1.82) is 0 Å². The Balaban J connectivity index is 0.000000156. The predicted molar refractivity (Wildman–Crippen MR) is 361 cm³/mol. The van der Waals surface area contributed by atoms with Crippen LogP contribution in [0.2, 0.25) is 0 Å². The van der Waals surface area contributed by atoms with Gasteiger partial charge in [0.15, 0.2) is 0 Å². The molecule has 482 valence electrons. The number of fused-ring (bicyclic) bond motifs is 4. The Labute approximate surface area is 547 Å². The zero-order valence-corrected chi connectivity index (χ0v) is 55.4. The minimum absolute atomic E-state index is 0.216. The van der Waals surface area contributed by atoms with Gasteiger partial charge in [0, 0.05) is 119 Å². The highest BCUT2D eigenvalue weighted by molar-refractivity contribution is 9.10. The van der Waals surface area contributed by atoms with E-state index in [0.29, 0.717) is 60.9 Å². The third kappa shape index (κ3) is 12.9. The van der Waals surface area contributed by atoms with Gasteiger partial charge in [-0.05, 0) is 177 Å². The number of amides is 2. The molecule has 1 saturated heterocycles. The van der Waals surface area contributed by atoms with E-state index in [9.17, 15) is 44.0 Å². The third-order valence-corrected chi connectivity index (χ3v) is 19.3. The second-order valence-electron chi connectivity index (χ2n) is 23.1. The molecular weight excluding hydrogens is 1320 g/mol. The lowest BCUT2D eigenvalue weighted by Crippen LogP contribution is -2.41. The average Bonchev–Trinajstić information content (AvgIpc) is 1.57. The summed E-state index contributed by atoms with van der Waals surface area (Å²) in [5.41, 5.74) is 7.64. The molecule has 12 aromatic rings. The molecule has 1 aliphatic rings. The zero-order chi connectivity index (χ0) is 67.5. The Bertz CT molecular complexity index is 5150. The molecule has 6 aromatic heterocycles. The summed E-state index contributed by atoms with van der Waals surface area (Å²) in [6.45, 7) is 7.58. The number of hydrogen-bond donors (Lipinski definition) is 2. The normalized spacial score (nSPS) is 13.6. The highest BCUT2D eigenvalue weighted by Crippen LogP contribution is 2.44. The standard InChI is InChI=1S/C31H24F2N4O4S.C24H28BFN2O6S.C13H8BrFN2/c1-34-31(38)29-24-15-23(19-14-27-25(35-17-19)12-13-37(27)22-10-8-21(33)9-11-22)26(36(2)42(3,39)40)16-28(24)41-30(29)18-4-6-20(32)7-5-18;1-23(2)24(3,4)34-25(33-23)17-12-16-19(13-18(17)28(6)35(7,30)31)32-21(20(16)22(29)27-5)14-8-10-15(26)11-9-14;14-9-7-13-12(16-8-9)5-6-17(13)11-3-1-10(15)2-4-11/h4-17H,1-3H3,(H,34,38);8-13H,1-7H3,(H,27,29);1-8H. The minimum atomic E-state index is -3.71. The fraction of sp³-hybridized carbons (Fsp3) is 0.176. The first-order chi connectivity index (χ1) is 44.4. The van der Waals surface area contributed by atoms with Crippen molar-refractivity contribution in [1.82, 2.24) is 29.7 Å². The number of benzene rings is 6. The molecule has 6 aromatic carbocycles. The lowest BCUT2D eigenvalue weighted by Gasteiger charge is -2.32. The largest absolute Gasteiger partial charge is 0.497 e. The number of carbonyl (C=O) groups is 2. The molecule has 13 rings (SSSR count). The molecular formula is C68H60BBrF4N8O10S2. The van der Waals surface area contributed by atoms with Gasteiger partial charge < -0.3 is 37.9 Å². The van der Waals surface area contributed by atoms with Crippen LogP contribution in [-0.2, 0) is 29.4 Å². The van der Waals surface area contributed by atoms with Gasteiger partial charge in [0.1, 0.15) is 46.0 Å². The van der Waals surface area contributed by atoms with Gasteiger partial charge in [-0.1, -0.05) is 0 Å². The van der Waals surface area contributed by atoms with E-state index in [1.165, 1.54) is 101 Å². The first-order valence-electron chi connectivity index (χ1n) is 29.0. The maximum atomic E-state index is 13.7. The van der Waals surface area contributed by atoms with Gasteiger partial charge in [0.2, 0.25) is 20.0 Å². The van der Waals surface area contributed by atoms with Gasteiger partial charge in [-0.15, -0.1) is 0 Å². The second kappa shape index (κ2) is 25.4. The van der Waals surface area contributed by atoms with Crippen LogP contribution in [0, 0.1) is 23.3 Å². The van der Waals surface area contributed by atoms with Crippen LogP contribution in [0.3, 0.4) is 0 Å². The fourth-order valence-electron chi connectivity index (χ4n) is 10.7. The molecule has 2 N–H and O–H groups in total. The summed E-state index contributed by atoms with van der Waals surface area (Å²) >= 11 is 3.40. The predicted octanol–water partition coefficient (Wildman–Crippen LogP) is 13.4. The summed E-state index contributed by atoms with van der Waals surface area (Å²) in [6, 6.07) is 37.6. The molecule has 2 amide bonds. The van der Waals surface area contributed by atoms with E-state index in [4.69, 9.17) is 18.1 Å². The van der Waals surface area contributed by atoms with Crippen molar-refractivity contribution < 1.29 is 62.1 Å². The van der Waals surface area contributed by atoms with Gasteiger partial charge in [-0.3, -0.25) is 28.2 Å². The SMILES string of the molecule is CNC(=O)c1c(-c2ccc(F)cc2)oc2cc(N(C)S(C)(=O)=O)c(-c3cnc4ccn(-c5ccc(F)cc5)c4c3)cc12.CNC(=O)c1c(-c2ccc(F)cc2)oc2cc(N(C)S(C)(=O)=O)c(B3OC(C)(C)C(C)(C)O3)cc12.Fc1ccc(-n2ccc3ncc(Br)cc32)cc1. The molecule has 0 spiro atoms. The molecule has 0 aliphatic carbocycles. The number of pyridine rings is 2. The molecule has 1 aliphatic heterocycles. The summed E-state index contributed by atoms with van der Waals surface area (Å²) in [7, 11) is -2.43.